The number of nitrogens with zero attached hydrogens (tertiary/aromatic N) is 2. The van der Waals surface area contributed by atoms with E-state index >= 15 is 0 Å². The van der Waals surface area contributed by atoms with Gasteiger partial charge in [0.1, 0.15) is 0 Å². The van der Waals surface area contributed by atoms with Gasteiger partial charge in [0, 0.05) is 31.0 Å². The summed E-state index contributed by atoms with van der Waals surface area (Å²) >= 11 is 0. The van der Waals surface area contributed by atoms with Gasteiger partial charge in [-0.25, -0.2) is 0 Å². The van der Waals surface area contributed by atoms with Gasteiger partial charge in [-0.1, -0.05) is 0 Å². The molecule has 1 fully saturated rings. The van der Waals surface area contributed by atoms with Gasteiger partial charge in [-0.15, -0.1) is 0 Å². The van der Waals surface area contributed by atoms with E-state index in [4.69, 9.17) is 4.74 Å². The van der Waals surface area contributed by atoms with E-state index in [1.54, 1.807) is 0 Å². The fraction of sp³-hybridized carbons (Fsp3) is 0.786. The highest BCUT2D eigenvalue weighted by atomic mass is 16.5. The van der Waals surface area contributed by atoms with E-state index in [0.717, 1.165) is 31.8 Å². The molecular formula is C14H25N3O. The minimum atomic E-state index is 0.499. The summed E-state index contributed by atoms with van der Waals surface area (Å²) in [4.78, 5) is 0. The van der Waals surface area contributed by atoms with Crippen molar-refractivity contribution in [3.63, 3.8) is 0 Å². The molecule has 4 heteroatoms. The van der Waals surface area contributed by atoms with Crippen LogP contribution < -0.4 is 5.32 Å². The molecule has 1 N–H and O–H groups in total. The molecule has 0 aromatic carbocycles. The third-order valence-corrected chi connectivity index (χ3v) is 3.80. The Morgan fingerprint density at radius 2 is 2.28 bits per heavy atom. The van der Waals surface area contributed by atoms with Crippen LogP contribution in [0.1, 0.15) is 42.6 Å². The van der Waals surface area contributed by atoms with Crippen molar-refractivity contribution >= 4 is 0 Å². The van der Waals surface area contributed by atoms with E-state index in [9.17, 15) is 0 Å². The summed E-state index contributed by atoms with van der Waals surface area (Å²) in [5.74, 6) is 0. The average molecular weight is 251 g/mol. The smallest absolute Gasteiger partial charge is 0.0641 e. The van der Waals surface area contributed by atoms with Gasteiger partial charge >= 0.3 is 0 Å². The highest BCUT2D eigenvalue weighted by Crippen LogP contribution is 2.18. The van der Waals surface area contributed by atoms with Gasteiger partial charge in [0.15, 0.2) is 0 Å². The number of rotatable bonds is 6. The minimum Gasteiger partial charge on any atom is -0.378 e. The van der Waals surface area contributed by atoms with E-state index in [0.29, 0.717) is 6.10 Å². The number of nitrogens with one attached hydrogen (secondary N) is 1. The monoisotopic (exact) mass is 251 g/mol. The van der Waals surface area contributed by atoms with Gasteiger partial charge in [-0.2, -0.15) is 5.10 Å². The van der Waals surface area contributed by atoms with Crippen LogP contribution in [0.15, 0.2) is 0 Å². The van der Waals surface area contributed by atoms with Crippen molar-refractivity contribution in [2.75, 3.05) is 13.7 Å². The van der Waals surface area contributed by atoms with Crippen molar-refractivity contribution in [3.05, 3.63) is 17.0 Å². The Morgan fingerprint density at radius 1 is 1.44 bits per heavy atom. The molecule has 1 atom stereocenters. The lowest BCUT2D eigenvalue weighted by Crippen LogP contribution is -2.10. The van der Waals surface area contributed by atoms with Gasteiger partial charge in [-0.05, 0) is 46.6 Å². The van der Waals surface area contributed by atoms with Crippen molar-refractivity contribution in [1.29, 1.82) is 0 Å². The molecule has 1 aromatic rings. The van der Waals surface area contributed by atoms with Crippen LogP contribution in [0.5, 0.6) is 0 Å². The minimum absolute atomic E-state index is 0.499. The molecule has 2 rings (SSSR count). The van der Waals surface area contributed by atoms with Crippen LogP contribution in [0.3, 0.4) is 0 Å². The van der Waals surface area contributed by atoms with Crippen LogP contribution in [0.4, 0.5) is 0 Å². The molecular weight excluding hydrogens is 226 g/mol. The molecule has 102 valence electrons. The SMILES string of the molecule is CNCc1c(C)nn(CCCC2CCCO2)c1C. The highest BCUT2D eigenvalue weighted by molar-refractivity contribution is 5.24. The fourth-order valence-electron chi connectivity index (χ4n) is 2.73. The summed E-state index contributed by atoms with van der Waals surface area (Å²) in [7, 11) is 1.98. The Balaban J connectivity index is 1.86. The maximum absolute atomic E-state index is 5.65. The molecule has 0 spiro atoms. The molecule has 2 heterocycles. The van der Waals surface area contributed by atoms with Gasteiger partial charge in [0.05, 0.1) is 11.8 Å². The summed E-state index contributed by atoms with van der Waals surface area (Å²) in [6.07, 6.45) is 5.29. The Bertz CT molecular complexity index is 381. The number of hydrogen-bond acceptors (Lipinski definition) is 3. The summed E-state index contributed by atoms with van der Waals surface area (Å²) in [5, 5.41) is 7.84. The van der Waals surface area contributed by atoms with Crippen molar-refractivity contribution in [3.8, 4) is 0 Å². The summed E-state index contributed by atoms with van der Waals surface area (Å²) in [5.41, 5.74) is 3.79. The van der Waals surface area contributed by atoms with E-state index in [-0.39, 0.29) is 0 Å². The van der Waals surface area contributed by atoms with Crippen molar-refractivity contribution in [1.82, 2.24) is 15.1 Å². The van der Waals surface area contributed by atoms with Gasteiger partial charge in [-0.3, -0.25) is 4.68 Å². The Labute approximate surface area is 110 Å². The Kier molecular flexibility index (Phi) is 4.78. The van der Waals surface area contributed by atoms with Crippen molar-refractivity contribution < 1.29 is 4.74 Å². The van der Waals surface area contributed by atoms with Gasteiger partial charge < -0.3 is 10.1 Å². The predicted molar refractivity (Wildman–Crippen MR) is 72.7 cm³/mol. The molecule has 1 unspecified atom stereocenters. The summed E-state index contributed by atoms with van der Waals surface area (Å²) in [6, 6.07) is 0. The van der Waals surface area contributed by atoms with Crippen LogP contribution in [0.2, 0.25) is 0 Å². The number of ether oxygens (including phenoxy) is 1. The summed E-state index contributed by atoms with van der Waals surface area (Å²) < 4.78 is 7.80. The van der Waals surface area contributed by atoms with E-state index in [2.05, 4.69) is 28.9 Å². The average Bonchev–Trinajstić information content (AvgIpc) is 2.94. The summed E-state index contributed by atoms with van der Waals surface area (Å²) in [6.45, 7) is 7.13. The van der Waals surface area contributed by atoms with Crippen LogP contribution in [0, 0.1) is 13.8 Å². The van der Waals surface area contributed by atoms with Crippen LogP contribution in [-0.2, 0) is 17.8 Å². The lowest BCUT2D eigenvalue weighted by molar-refractivity contribution is 0.101. The predicted octanol–water partition coefficient (Wildman–Crippen LogP) is 2.18. The molecule has 1 saturated heterocycles. The molecule has 4 nitrogen and oxygen atoms in total. The molecule has 18 heavy (non-hydrogen) atoms. The van der Waals surface area contributed by atoms with Crippen LogP contribution in [-0.4, -0.2) is 29.5 Å². The lowest BCUT2D eigenvalue weighted by atomic mass is 10.1. The third-order valence-electron chi connectivity index (χ3n) is 3.80. The quantitative estimate of drug-likeness (QED) is 0.842. The normalized spacial score (nSPS) is 19.6. The van der Waals surface area contributed by atoms with Gasteiger partial charge in [0.2, 0.25) is 0 Å². The van der Waals surface area contributed by atoms with Crippen LogP contribution >= 0.6 is 0 Å². The van der Waals surface area contributed by atoms with Crippen molar-refractivity contribution in [2.24, 2.45) is 0 Å². The van der Waals surface area contributed by atoms with E-state index < -0.39 is 0 Å². The number of aryl methyl sites for hydroxylation is 2. The molecule has 1 aromatic heterocycles. The Morgan fingerprint density at radius 3 is 2.94 bits per heavy atom. The maximum atomic E-state index is 5.65. The molecule has 0 radical (unpaired) electrons. The second kappa shape index (κ2) is 6.34. The Hall–Kier alpha value is -0.870. The lowest BCUT2D eigenvalue weighted by Gasteiger charge is -2.10. The topological polar surface area (TPSA) is 39.1 Å². The first-order valence-corrected chi connectivity index (χ1v) is 7.01. The van der Waals surface area contributed by atoms with E-state index in [1.807, 2.05) is 7.05 Å². The first kappa shape index (κ1) is 13.6. The highest BCUT2D eigenvalue weighted by Gasteiger charge is 2.15. The zero-order valence-corrected chi connectivity index (χ0v) is 11.8. The maximum Gasteiger partial charge on any atom is 0.0641 e. The first-order valence-electron chi connectivity index (χ1n) is 7.01. The molecule has 0 amide bonds. The molecule has 0 aliphatic carbocycles. The van der Waals surface area contributed by atoms with Gasteiger partial charge in [0.25, 0.3) is 0 Å². The second-order valence-electron chi connectivity index (χ2n) is 5.18. The molecule has 0 saturated carbocycles. The molecule has 1 aliphatic heterocycles. The third kappa shape index (κ3) is 3.12. The fourth-order valence-corrected chi connectivity index (χ4v) is 2.73. The zero-order valence-electron chi connectivity index (χ0n) is 11.8. The second-order valence-corrected chi connectivity index (χ2v) is 5.18. The van der Waals surface area contributed by atoms with Crippen LogP contribution in [0.25, 0.3) is 0 Å². The number of hydrogen-bond donors (Lipinski definition) is 1. The van der Waals surface area contributed by atoms with E-state index in [1.165, 1.54) is 30.5 Å². The molecule has 1 aliphatic rings. The van der Waals surface area contributed by atoms with Crippen molar-refractivity contribution in [2.45, 2.75) is 58.7 Å². The largest absolute Gasteiger partial charge is 0.378 e. The number of aromatic nitrogens is 2. The standard InChI is InChI=1S/C14H25N3O/c1-11-14(10-15-3)12(2)17(16-11)8-4-6-13-7-5-9-18-13/h13,15H,4-10H2,1-3H3. The first-order chi connectivity index (χ1) is 8.72. The molecule has 0 bridgehead atoms. The zero-order chi connectivity index (χ0) is 13.0.